The Balaban J connectivity index is 2.04. The summed E-state index contributed by atoms with van der Waals surface area (Å²) in [6.45, 7) is 4.09. The Labute approximate surface area is 122 Å². The van der Waals surface area contributed by atoms with Crippen LogP contribution in [0.1, 0.15) is 16.3 Å². The molecular formula is C13H17N3O2S2. The molecule has 0 atom stereocenters. The normalized spacial score (nSPS) is 11.7. The van der Waals surface area contributed by atoms with Crippen LogP contribution in [0.3, 0.4) is 0 Å². The summed E-state index contributed by atoms with van der Waals surface area (Å²) in [5, 5.41) is 2.86. The van der Waals surface area contributed by atoms with Gasteiger partial charge in [0.25, 0.3) is 0 Å². The van der Waals surface area contributed by atoms with Gasteiger partial charge in [-0.05, 0) is 31.5 Å². The van der Waals surface area contributed by atoms with E-state index < -0.39 is 10.0 Å². The quantitative estimate of drug-likeness (QED) is 0.825. The number of sulfonamides is 1. The highest BCUT2D eigenvalue weighted by atomic mass is 32.2. The highest BCUT2D eigenvalue weighted by Crippen LogP contribution is 2.19. The van der Waals surface area contributed by atoms with Gasteiger partial charge >= 0.3 is 0 Å². The molecule has 0 radical (unpaired) electrons. The number of aryl methyl sites for hydroxylation is 2. The summed E-state index contributed by atoms with van der Waals surface area (Å²) in [5.41, 5.74) is 7.92. The van der Waals surface area contributed by atoms with E-state index in [0.717, 1.165) is 16.3 Å². The zero-order valence-electron chi connectivity index (χ0n) is 11.4. The van der Waals surface area contributed by atoms with Crippen molar-refractivity contribution in [2.45, 2.75) is 25.2 Å². The SMILES string of the molecule is Cc1ccc(S(=O)(=O)NCCc2nc(C)cs2)c(N)c1. The molecule has 0 saturated carbocycles. The Kier molecular flexibility index (Phi) is 4.42. The minimum Gasteiger partial charge on any atom is -0.398 e. The first-order valence-corrected chi connectivity index (χ1v) is 8.51. The second-order valence-electron chi connectivity index (χ2n) is 4.57. The number of nitrogens with zero attached hydrogens (tertiary/aromatic N) is 1. The van der Waals surface area contributed by atoms with Crippen molar-refractivity contribution in [3.8, 4) is 0 Å². The van der Waals surface area contributed by atoms with E-state index in [-0.39, 0.29) is 10.6 Å². The van der Waals surface area contributed by atoms with Crippen LogP contribution < -0.4 is 10.5 Å². The standard InChI is InChI=1S/C13H17N3O2S2/c1-9-3-4-12(11(14)7-9)20(17,18)15-6-5-13-16-10(2)8-19-13/h3-4,7-8,15H,5-6,14H2,1-2H3. The van der Waals surface area contributed by atoms with Gasteiger partial charge in [0.2, 0.25) is 10.0 Å². The molecule has 0 spiro atoms. The monoisotopic (exact) mass is 311 g/mol. The fraction of sp³-hybridized carbons (Fsp3) is 0.308. The molecule has 1 heterocycles. The predicted molar refractivity (Wildman–Crippen MR) is 81.3 cm³/mol. The van der Waals surface area contributed by atoms with E-state index in [1.807, 2.05) is 19.2 Å². The average molecular weight is 311 g/mol. The van der Waals surface area contributed by atoms with Gasteiger partial charge in [-0.15, -0.1) is 11.3 Å². The number of hydrogen-bond donors (Lipinski definition) is 2. The minimum atomic E-state index is -3.57. The largest absolute Gasteiger partial charge is 0.398 e. The minimum absolute atomic E-state index is 0.124. The average Bonchev–Trinajstić information content (AvgIpc) is 2.74. The Bertz CT molecular complexity index is 708. The molecule has 7 heteroatoms. The summed E-state index contributed by atoms with van der Waals surface area (Å²) in [6, 6.07) is 4.91. The maximum Gasteiger partial charge on any atom is 0.242 e. The van der Waals surface area contributed by atoms with Crippen molar-refractivity contribution < 1.29 is 8.42 Å². The van der Waals surface area contributed by atoms with Crippen LogP contribution in [0.4, 0.5) is 5.69 Å². The van der Waals surface area contributed by atoms with E-state index >= 15 is 0 Å². The van der Waals surface area contributed by atoms with Gasteiger partial charge < -0.3 is 5.73 Å². The second kappa shape index (κ2) is 5.90. The summed E-state index contributed by atoms with van der Waals surface area (Å²) in [5.74, 6) is 0. The van der Waals surface area contributed by atoms with Crippen LogP contribution in [-0.4, -0.2) is 19.9 Å². The van der Waals surface area contributed by atoms with Crippen LogP contribution in [-0.2, 0) is 16.4 Å². The molecule has 0 amide bonds. The molecule has 1 aromatic heterocycles. The van der Waals surface area contributed by atoms with E-state index in [0.29, 0.717) is 13.0 Å². The highest BCUT2D eigenvalue weighted by molar-refractivity contribution is 7.89. The third kappa shape index (κ3) is 3.56. The predicted octanol–water partition coefficient (Wildman–Crippen LogP) is 1.86. The first-order chi connectivity index (χ1) is 9.38. The summed E-state index contributed by atoms with van der Waals surface area (Å²) < 4.78 is 26.9. The molecule has 2 aromatic rings. The van der Waals surface area contributed by atoms with E-state index in [4.69, 9.17) is 5.73 Å². The van der Waals surface area contributed by atoms with Crippen LogP contribution in [0, 0.1) is 13.8 Å². The highest BCUT2D eigenvalue weighted by Gasteiger charge is 2.16. The molecule has 108 valence electrons. The van der Waals surface area contributed by atoms with Crippen molar-refractivity contribution in [2.75, 3.05) is 12.3 Å². The van der Waals surface area contributed by atoms with Crippen LogP contribution in [0.5, 0.6) is 0 Å². The topological polar surface area (TPSA) is 85.1 Å². The molecule has 5 nitrogen and oxygen atoms in total. The van der Waals surface area contributed by atoms with E-state index in [2.05, 4.69) is 9.71 Å². The van der Waals surface area contributed by atoms with Crippen molar-refractivity contribution in [1.82, 2.24) is 9.71 Å². The molecule has 0 fully saturated rings. The molecular weight excluding hydrogens is 294 g/mol. The smallest absolute Gasteiger partial charge is 0.242 e. The zero-order chi connectivity index (χ0) is 14.8. The molecule has 0 saturated heterocycles. The summed E-state index contributed by atoms with van der Waals surface area (Å²) >= 11 is 1.53. The van der Waals surface area contributed by atoms with Gasteiger partial charge in [-0.2, -0.15) is 0 Å². The number of benzene rings is 1. The van der Waals surface area contributed by atoms with E-state index in [1.165, 1.54) is 17.4 Å². The second-order valence-corrected chi connectivity index (χ2v) is 7.25. The first-order valence-electron chi connectivity index (χ1n) is 6.15. The molecule has 2 rings (SSSR count). The fourth-order valence-corrected chi connectivity index (χ4v) is 3.72. The fourth-order valence-electron chi connectivity index (χ4n) is 1.80. The van der Waals surface area contributed by atoms with E-state index in [9.17, 15) is 8.42 Å². The third-order valence-electron chi connectivity index (χ3n) is 2.75. The lowest BCUT2D eigenvalue weighted by Crippen LogP contribution is -2.26. The summed E-state index contributed by atoms with van der Waals surface area (Å²) in [4.78, 5) is 4.41. The number of nitrogens with one attached hydrogen (secondary N) is 1. The number of aromatic nitrogens is 1. The molecule has 0 aliphatic heterocycles. The summed E-state index contributed by atoms with van der Waals surface area (Å²) in [6.07, 6.45) is 0.573. The van der Waals surface area contributed by atoms with Crippen LogP contribution in [0.15, 0.2) is 28.5 Å². The molecule has 0 unspecified atom stereocenters. The van der Waals surface area contributed by atoms with Crippen molar-refractivity contribution in [3.63, 3.8) is 0 Å². The molecule has 0 aliphatic carbocycles. The first kappa shape index (κ1) is 15.0. The lowest BCUT2D eigenvalue weighted by molar-refractivity contribution is 0.582. The Morgan fingerprint density at radius 1 is 1.35 bits per heavy atom. The maximum atomic E-state index is 12.2. The van der Waals surface area contributed by atoms with Crippen LogP contribution in [0.25, 0.3) is 0 Å². The van der Waals surface area contributed by atoms with Crippen molar-refractivity contribution >= 4 is 27.0 Å². The number of thiazole rings is 1. The number of rotatable bonds is 5. The number of nitrogen functional groups attached to an aromatic ring is 1. The number of anilines is 1. The molecule has 20 heavy (non-hydrogen) atoms. The lowest BCUT2D eigenvalue weighted by Gasteiger charge is -2.09. The molecule has 0 bridgehead atoms. The molecule has 3 N–H and O–H groups in total. The van der Waals surface area contributed by atoms with Gasteiger partial charge in [-0.3, -0.25) is 0 Å². The number of hydrogen-bond acceptors (Lipinski definition) is 5. The lowest BCUT2D eigenvalue weighted by atomic mass is 10.2. The number of nitrogens with two attached hydrogens (primary N) is 1. The Hall–Kier alpha value is -1.44. The molecule has 1 aromatic carbocycles. The van der Waals surface area contributed by atoms with Crippen LogP contribution in [0.2, 0.25) is 0 Å². The van der Waals surface area contributed by atoms with Gasteiger partial charge in [0.1, 0.15) is 4.90 Å². The summed E-state index contributed by atoms with van der Waals surface area (Å²) in [7, 11) is -3.57. The van der Waals surface area contributed by atoms with Crippen molar-refractivity contribution in [1.29, 1.82) is 0 Å². The van der Waals surface area contributed by atoms with Gasteiger partial charge in [-0.1, -0.05) is 6.07 Å². The van der Waals surface area contributed by atoms with Gasteiger partial charge in [0.05, 0.1) is 10.7 Å². The zero-order valence-corrected chi connectivity index (χ0v) is 13.0. The van der Waals surface area contributed by atoms with E-state index in [1.54, 1.807) is 12.1 Å². The third-order valence-corrected chi connectivity index (χ3v) is 5.31. The Morgan fingerprint density at radius 3 is 2.70 bits per heavy atom. The molecule has 0 aliphatic rings. The van der Waals surface area contributed by atoms with Gasteiger partial charge in [-0.25, -0.2) is 18.1 Å². The van der Waals surface area contributed by atoms with Gasteiger partial charge in [0.15, 0.2) is 0 Å². The van der Waals surface area contributed by atoms with Crippen molar-refractivity contribution in [2.24, 2.45) is 0 Å². The van der Waals surface area contributed by atoms with Crippen molar-refractivity contribution in [3.05, 3.63) is 39.8 Å². The van der Waals surface area contributed by atoms with Crippen LogP contribution >= 0.6 is 11.3 Å². The van der Waals surface area contributed by atoms with Gasteiger partial charge in [0, 0.05) is 24.0 Å². The Morgan fingerprint density at radius 2 is 2.10 bits per heavy atom. The maximum absolute atomic E-state index is 12.2.